The summed E-state index contributed by atoms with van der Waals surface area (Å²) in [6.45, 7) is 7.28. The van der Waals surface area contributed by atoms with E-state index in [9.17, 15) is 0 Å². The van der Waals surface area contributed by atoms with Gasteiger partial charge in [-0.2, -0.15) is 0 Å². The summed E-state index contributed by atoms with van der Waals surface area (Å²) in [6, 6.07) is 22.4. The molecule has 0 radical (unpaired) electrons. The van der Waals surface area contributed by atoms with Crippen molar-refractivity contribution in [2.45, 2.75) is 20.4 Å². The fourth-order valence-corrected chi connectivity index (χ4v) is 4.08. The van der Waals surface area contributed by atoms with E-state index in [4.69, 9.17) is 23.2 Å². The molecule has 0 amide bonds. The molecule has 158 valence electrons. The lowest BCUT2D eigenvalue weighted by molar-refractivity contribution is 0.296. The number of benzene rings is 3. The molecular formula is C26H25Cl2N3. The molecule has 31 heavy (non-hydrogen) atoms. The lowest BCUT2D eigenvalue weighted by atomic mass is 9.98. The Bertz CT molecular complexity index is 1190. The minimum atomic E-state index is 0.686. The highest BCUT2D eigenvalue weighted by Crippen LogP contribution is 2.32. The second kappa shape index (κ2) is 9.69. The Morgan fingerprint density at radius 1 is 0.839 bits per heavy atom. The molecule has 0 fully saturated rings. The Morgan fingerprint density at radius 2 is 1.58 bits per heavy atom. The van der Waals surface area contributed by atoms with Gasteiger partial charge < -0.3 is 5.32 Å². The van der Waals surface area contributed by atoms with Gasteiger partial charge in [0.15, 0.2) is 0 Å². The number of nitrogens with one attached hydrogen (secondary N) is 1. The lowest BCUT2D eigenvalue weighted by Gasteiger charge is -2.21. The van der Waals surface area contributed by atoms with E-state index in [1.165, 1.54) is 16.7 Å². The standard InChI is InChI=1S/C26H25Cl2N3/c1-3-31(4-2)17-19-15-22(10-12-23(19)18-5-7-20(27)8-6-18)30-25-13-14-29-26-16-21(28)9-11-24(25)26/h5-16H,3-4,17H2,1-2H3,(H,29,30). The number of rotatable bonds is 7. The van der Waals surface area contributed by atoms with Crippen molar-refractivity contribution in [3.05, 3.63) is 88.5 Å². The highest BCUT2D eigenvalue weighted by atomic mass is 35.5. The highest BCUT2D eigenvalue weighted by molar-refractivity contribution is 6.31. The molecule has 0 aliphatic carbocycles. The third-order valence-electron chi connectivity index (χ3n) is 5.53. The fourth-order valence-electron chi connectivity index (χ4n) is 3.79. The first-order valence-corrected chi connectivity index (χ1v) is 11.3. The predicted octanol–water partition coefficient (Wildman–Crippen LogP) is 7.79. The number of halogens is 2. The smallest absolute Gasteiger partial charge is 0.0737 e. The molecule has 0 unspecified atom stereocenters. The van der Waals surface area contributed by atoms with Gasteiger partial charge >= 0.3 is 0 Å². The van der Waals surface area contributed by atoms with E-state index in [2.05, 4.69) is 59.4 Å². The Labute approximate surface area is 193 Å². The van der Waals surface area contributed by atoms with Crippen molar-refractivity contribution < 1.29 is 0 Å². The first kappa shape index (κ1) is 21.6. The van der Waals surface area contributed by atoms with Crippen LogP contribution in [0.2, 0.25) is 10.0 Å². The average Bonchev–Trinajstić information content (AvgIpc) is 2.78. The zero-order valence-electron chi connectivity index (χ0n) is 17.7. The summed E-state index contributed by atoms with van der Waals surface area (Å²) in [6.07, 6.45) is 1.81. The number of hydrogen-bond donors (Lipinski definition) is 1. The van der Waals surface area contributed by atoms with Gasteiger partial charge in [0.05, 0.1) is 5.52 Å². The Kier molecular flexibility index (Phi) is 6.77. The summed E-state index contributed by atoms with van der Waals surface area (Å²) in [4.78, 5) is 6.86. The van der Waals surface area contributed by atoms with Crippen LogP contribution in [0.25, 0.3) is 22.0 Å². The van der Waals surface area contributed by atoms with E-state index in [0.29, 0.717) is 5.02 Å². The molecule has 4 rings (SSSR count). The first-order chi connectivity index (χ1) is 15.1. The highest BCUT2D eigenvalue weighted by Gasteiger charge is 2.11. The zero-order chi connectivity index (χ0) is 21.8. The van der Waals surface area contributed by atoms with Crippen LogP contribution >= 0.6 is 23.2 Å². The molecule has 5 heteroatoms. The van der Waals surface area contributed by atoms with Gasteiger partial charge in [-0.05, 0) is 78.3 Å². The lowest BCUT2D eigenvalue weighted by Crippen LogP contribution is -2.22. The number of hydrogen-bond acceptors (Lipinski definition) is 3. The van der Waals surface area contributed by atoms with Crippen molar-refractivity contribution >= 4 is 45.5 Å². The SMILES string of the molecule is CCN(CC)Cc1cc(Nc2ccnc3cc(Cl)ccc23)ccc1-c1ccc(Cl)cc1. The molecular weight excluding hydrogens is 425 g/mol. The van der Waals surface area contributed by atoms with E-state index in [1.54, 1.807) is 6.20 Å². The normalized spacial score (nSPS) is 11.3. The first-order valence-electron chi connectivity index (χ1n) is 10.5. The maximum Gasteiger partial charge on any atom is 0.0737 e. The topological polar surface area (TPSA) is 28.2 Å². The van der Waals surface area contributed by atoms with Crippen LogP contribution in [-0.4, -0.2) is 23.0 Å². The molecule has 3 nitrogen and oxygen atoms in total. The molecule has 1 N–H and O–H groups in total. The van der Waals surface area contributed by atoms with Crippen LogP contribution in [0.15, 0.2) is 72.9 Å². The van der Waals surface area contributed by atoms with E-state index in [1.807, 2.05) is 36.4 Å². The molecule has 0 bridgehead atoms. The third-order valence-corrected chi connectivity index (χ3v) is 6.02. The number of nitrogens with zero attached hydrogens (tertiary/aromatic N) is 2. The summed E-state index contributed by atoms with van der Waals surface area (Å²) in [5.41, 5.74) is 6.59. The van der Waals surface area contributed by atoms with Gasteiger partial charge in [-0.3, -0.25) is 9.88 Å². The summed E-state index contributed by atoms with van der Waals surface area (Å²) < 4.78 is 0. The largest absolute Gasteiger partial charge is 0.355 e. The molecule has 3 aromatic carbocycles. The molecule has 0 spiro atoms. The molecule has 0 saturated carbocycles. The van der Waals surface area contributed by atoms with Crippen LogP contribution in [0.5, 0.6) is 0 Å². The fraction of sp³-hybridized carbons (Fsp3) is 0.192. The van der Waals surface area contributed by atoms with Gasteiger partial charge in [0.1, 0.15) is 0 Å². The maximum absolute atomic E-state index is 6.14. The Morgan fingerprint density at radius 3 is 2.32 bits per heavy atom. The average molecular weight is 450 g/mol. The number of aromatic nitrogens is 1. The number of pyridine rings is 1. The van der Waals surface area contributed by atoms with Crippen molar-refractivity contribution in [2.24, 2.45) is 0 Å². The van der Waals surface area contributed by atoms with Gasteiger partial charge in [-0.15, -0.1) is 0 Å². The summed E-state index contributed by atoms with van der Waals surface area (Å²) in [7, 11) is 0. The Hall–Kier alpha value is -2.59. The quantitative estimate of drug-likeness (QED) is 0.311. The maximum atomic E-state index is 6.14. The zero-order valence-corrected chi connectivity index (χ0v) is 19.2. The Balaban J connectivity index is 1.73. The van der Waals surface area contributed by atoms with E-state index in [0.717, 1.165) is 46.9 Å². The minimum absolute atomic E-state index is 0.686. The molecule has 0 aliphatic heterocycles. The number of fused-ring (bicyclic) bond motifs is 1. The second-order valence-electron chi connectivity index (χ2n) is 7.49. The summed E-state index contributed by atoms with van der Waals surface area (Å²) in [5.74, 6) is 0. The van der Waals surface area contributed by atoms with E-state index < -0.39 is 0 Å². The van der Waals surface area contributed by atoms with Crippen LogP contribution in [0, 0.1) is 0 Å². The molecule has 1 heterocycles. The predicted molar refractivity (Wildman–Crippen MR) is 134 cm³/mol. The van der Waals surface area contributed by atoms with Crippen molar-refractivity contribution in [1.82, 2.24) is 9.88 Å². The second-order valence-corrected chi connectivity index (χ2v) is 8.36. The number of anilines is 2. The van der Waals surface area contributed by atoms with Crippen LogP contribution < -0.4 is 5.32 Å². The van der Waals surface area contributed by atoms with Crippen LogP contribution in [-0.2, 0) is 6.54 Å². The van der Waals surface area contributed by atoms with Crippen molar-refractivity contribution in [3.8, 4) is 11.1 Å². The molecule has 0 aliphatic rings. The van der Waals surface area contributed by atoms with Crippen molar-refractivity contribution in [3.63, 3.8) is 0 Å². The van der Waals surface area contributed by atoms with E-state index >= 15 is 0 Å². The molecule has 1 aromatic heterocycles. The molecule has 4 aromatic rings. The summed E-state index contributed by atoms with van der Waals surface area (Å²) in [5, 5.41) is 6.06. The minimum Gasteiger partial charge on any atom is -0.355 e. The molecule has 0 saturated heterocycles. The van der Waals surface area contributed by atoms with E-state index in [-0.39, 0.29) is 0 Å². The van der Waals surface area contributed by atoms with Gasteiger partial charge in [-0.25, -0.2) is 0 Å². The van der Waals surface area contributed by atoms with Crippen LogP contribution in [0.1, 0.15) is 19.4 Å². The van der Waals surface area contributed by atoms with Crippen LogP contribution in [0.4, 0.5) is 11.4 Å². The van der Waals surface area contributed by atoms with Crippen LogP contribution in [0.3, 0.4) is 0 Å². The van der Waals surface area contributed by atoms with Crippen molar-refractivity contribution in [1.29, 1.82) is 0 Å². The third kappa shape index (κ3) is 5.01. The van der Waals surface area contributed by atoms with Crippen molar-refractivity contribution in [2.75, 3.05) is 18.4 Å². The van der Waals surface area contributed by atoms with Gasteiger partial charge in [-0.1, -0.05) is 55.2 Å². The summed E-state index contributed by atoms with van der Waals surface area (Å²) >= 11 is 12.2. The van der Waals surface area contributed by atoms with Gasteiger partial charge in [0.2, 0.25) is 0 Å². The molecule has 0 atom stereocenters. The van der Waals surface area contributed by atoms with Gasteiger partial charge in [0, 0.05) is 39.5 Å². The monoisotopic (exact) mass is 449 g/mol. The van der Waals surface area contributed by atoms with Gasteiger partial charge in [0.25, 0.3) is 0 Å².